The number of nitrogens with zero attached hydrogens (tertiary/aromatic N) is 3. The molecule has 1 aliphatic carbocycles. The summed E-state index contributed by atoms with van der Waals surface area (Å²) in [6.45, 7) is 0.718. The van der Waals surface area contributed by atoms with Crippen LogP contribution >= 0.6 is 12.6 Å². The number of hydrogen-bond donors (Lipinski definition) is 1. The van der Waals surface area contributed by atoms with E-state index in [1.54, 1.807) is 18.1 Å². The van der Waals surface area contributed by atoms with Crippen molar-refractivity contribution in [1.29, 1.82) is 0 Å². The fourth-order valence-corrected chi connectivity index (χ4v) is 3.11. The van der Waals surface area contributed by atoms with Crippen molar-refractivity contribution in [1.82, 2.24) is 14.3 Å². The molecule has 0 amide bonds. The van der Waals surface area contributed by atoms with Crippen LogP contribution in [0.4, 0.5) is 0 Å². The molecule has 17 heavy (non-hydrogen) atoms. The van der Waals surface area contributed by atoms with Crippen molar-refractivity contribution in [3.05, 3.63) is 16.8 Å². The average Bonchev–Trinajstić information content (AvgIpc) is 2.59. The number of aryl methyl sites for hydroxylation is 1. The molecule has 1 saturated carbocycles. The Morgan fingerprint density at radius 1 is 1.35 bits per heavy atom. The molecule has 4 nitrogen and oxygen atoms in total. The van der Waals surface area contributed by atoms with Gasteiger partial charge in [-0.25, -0.2) is 9.48 Å². The van der Waals surface area contributed by atoms with Crippen LogP contribution in [0.15, 0.2) is 11.1 Å². The molecule has 1 aliphatic rings. The van der Waals surface area contributed by atoms with E-state index >= 15 is 0 Å². The van der Waals surface area contributed by atoms with Crippen molar-refractivity contribution in [2.24, 2.45) is 12.5 Å². The van der Waals surface area contributed by atoms with Gasteiger partial charge in [0, 0.05) is 7.05 Å². The van der Waals surface area contributed by atoms with E-state index in [4.69, 9.17) is 0 Å². The second kappa shape index (κ2) is 5.29. The first kappa shape index (κ1) is 12.7. The second-order valence-corrected chi connectivity index (χ2v) is 5.57. The van der Waals surface area contributed by atoms with Gasteiger partial charge in [0.15, 0.2) is 0 Å². The molecule has 0 atom stereocenters. The molecule has 0 radical (unpaired) electrons. The highest BCUT2D eigenvalue weighted by atomic mass is 32.1. The summed E-state index contributed by atoms with van der Waals surface area (Å²) in [6.07, 6.45) is 9.05. The van der Waals surface area contributed by atoms with E-state index in [9.17, 15) is 4.79 Å². The van der Waals surface area contributed by atoms with E-state index in [-0.39, 0.29) is 11.1 Å². The highest BCUT2D eigenvalue weighted by Gasteiger charge is 2.31. The minimum absolute atomic E-state index is 0.0181. The third-order valence-electron chi connectivity index (χ3n) is 3.87. The normalized spacial score (nSPS) is 20.1. The third kappa shape index (κ3) is 2.76. The largest absolute Gasteiger partial charge is 0.345 e. The van der Waals surface area contributed by atoms with Crippen molar-refractivity contribution in [3.8, 4) is 0 Å². The monoisotopic (exact) mass is 255 g/mol. The van der Waals surface area contributed by atoms with Gasteiger partial charge in [-0.2, -0.15) is 17.7 Å². The lowest BCUT2D eigenvalue weighted by molar-refractivity contribution is 0.226. The van der Waals surface area contributed by atoms with Gasteiger partial charge in [-0.05, 0) is 24.0 Å². The van der Waals surface area contributed by atoms with Crippen LogP contribution in [0, 0.1) is 5.41 Å². The zero-order chi connectivity index (χ0) is 12.3. The Balaban J connectivity index is 2.18. The lowest BCUT2D eigenvalue weighted by atomic mass is 9.82. The topological polar surface area (TPSA) is 39.8 Å². The summed E-state index contributed by atoms with van der Waals surface area (Å²) >= 11 is 4.52. The van der Waals surface area contributed by atoms with Gasteiger partial charge in [0.05, 0.1) is 6.54 Å². The number of rotatable bonds is 3. The van der Waals surface area contributed by atoms with E-state index in [1.807, 2.05) is 0 Å². The Morgan fingerprint density at radius 3 is 2.47 bits per heavy atom. The number of hydrogen-bond acceptors (Lipinski definition) is 3. The first-order chi connectivity index (χ1) is 8.17. The maximum Gasteiger partial charge on any atom is 0.345 e. The van der Waals surface area contributed by atoms with Gasteiger partial charge in [0.1, 0.15) is 6.33 Å². The van der Waals surface area contributed by atoms with E-state index in [0.717, 1.165) is 12.3 Å². The summed E-state index contributed by atoms with van der Waals surface area (Å²) in [7, 11) is 1.74. The van der Waals surface area contributed by atoms with Crippen molar-refractivity contribution >= 4 is 12.6 Å². The highest BCUT2D eigenvalue weighted by molar-refractivity contribution is 7.80. The zero-order valence-electron chi connectivity index (χ0n) is 10.4. The van der Waals surface area contributed by atoms with E-state index in [2.05, 4.69) is 17.7 Å². The molecule has 5 heteroatoms. The molecular formula is C12H21N3OS. The predicted octanol–water partition coefficient (Wildman–Crippen LogP) is 1.85. The fraction of sp³-hybridized carbons (Fsp3) is 0.833. The lowest BCUT2D eigenvalue weighted by Crippen LogP contribution is -2.34. The van der Waals surface area contributed by atoms with Crippen LogP contribution in [-0.4, -0.2) is 20.1 Å². The van der Waals surface area contributed by atoms with Gasteiger partial charge in [0.2, 0.25) is 0 Å². The predicted molar refractivity (Wildman–Crippen MR) is 71.5 cm³/mol. The minimum atomic E-state index is -0.0181. The van der Waals surface area contributed by atoms with Gasteiger partial charge in [-0.1, -0.05) is 25.7 Å². The molecule has 0 aliphatic heterocycles. The summed E-state index contributed by atoms with van der Waals surface area (Å²) in [5.74, 6) is 0.843. The molecule has 1 heterocycles. The molecule has 0 saturated heterocycles. The summed E-state index contributed by atoms with van der Waals surface area (Å²) in [4.78, 5) is 11.8. The standard InChI is InChI=1S/C12H21N3OS/c1-14-10-13-15(11(14)16)8-12(9-17)6-4-2-3-5-7-12/h10,17H,2-9H2,1H3. The van der Waals surface area contributed by atoms with Crippen LogP contribution in [0.3, 0.4) is 0 Å². The molecular weight excluding hydrogens is 234 g/mol. The first-order valence-electron chi connectivity index (χ1n) is 6.36. The molecule has 0 spiro atoms. The number of aromatic nitrogens is 3. The quantitative estimate of drug-likeness (QED) is 0.661. The number of thiol groups is 1. The van der Waals surface area contributed by atoms with E-state index in [1.165, 1.54) is 43.1 Å². The summed E-state index contributed by atoms with van der Waals surface area (Å²) in [6, 6.07) is 0. The van der Waals surface area contributed by atoms with Gasteiger partial charge in [-0.3, -0.25) is 4.57 Å². The SMILES string of the molecule is Cn1cnn(CC2(CS)CCCCCC2)c1=O. The summed E-state index contributed by atoms with van der Waals surface area (Å²) in [5, 5.41) is 4.17. The lowest BCUT2D eigenvalue weighted by Gasteiger charge is -2.30. The molecule has 1 aromatic heterocycles. The third-order valence-corrected chi connectivity index (χ3v) is 4.54. The van der Waals surface area contributed by atoms with Crippen LogP contribution < -0.4 is 5.69 Å². The molecule has 0 N–H and O–H groups in total. The Hall–Kier alpha value is -0.710. The van der Waals surface area contributed by atoms with Crippen molar-refractivity contribution in [3.63, 3.8) is 0 Å². The molecule has 0 bridgehead atoms. The first-order valence-corrected chi connectivity index (χ1v) is 6.99. The summed E-state index contributed by atoms with van der Waals surface area (Å²) < 4.78 is 3.13. The molecule has 96 valence electrons. The maximum atomic E-state index is 11.8. The molecule has 0 unspecified atom stereocenters. The Bertz CT molecular complexity index is 416. The van der Waals surface area contributed by atoms with Crippen molar-refractivity contribution in [2.45, 2.75) is 45.1 Å². The van der Waals surface area contributed by atoms with Gasteiger partial charge in [-0.15, -0.1) is 0 Å². The highest BCUT2D eigenvalue weighted by Crippen LogP contribution is 2.37. The molecule has 1 aromatic rings. The van der Waals surface area contributed by atoms with Crippen LogP contribution in [0.1, 0.15) is 38.5 Å². The summed E-state index contributed by atoms with van der Waals surface area (Å²) in [5.41, 5.74) is 0.146. The zero-order valence-corrected chi connectivity index (χ0v) is 11.3. The smallest absolute Gasteiger partial charge is 0.285 e. The van der Waals surface area contributed by atoms with Crippen LogP contribution in [0.2, 0.25) is 0 Å². The molecule has 2 rings (SSSR count). The van der Waals surface area contributed by atoms with E-state index in [0.29, 0.717) is 0 Å². The molecule has 0 aromatic carbocycles. The van der Waals surface area contributed by atoms with Gasteiger partial charge >= 0.3 is 5.69 Å². The molecule has 1 fully saturated rings. The Labute approximate surface area is 107 Å². The van der Waals surface area contributed by atoms with Gasteiger partial charge in [0.25, 0.3) is 0 Å². The maximum absolute atomic E-state index is 11.8. The van der Waals surface area contributed by atoms with Crippen LogP contribution in [0.25, 0.3) is 0 Å². The fourth-order valence-electron chi connectivity index (χ4n) is 2.69. The van der Waals surface area contributed by atoms with Crippen LogP contribution in [0.5, 0.6) is 0 Å². The van der Waals surface area contributed by atoms with E-state index < -0.39 is 0 Å². The second-order valence-electron chi connectivity index (χ2n) is 5.25. The van der Waals surface area contributed by atoms with Crippen LogP contribution in [-0.2, 0) is 13.6 Å². The van der Waals surface area contributed by atoms with Gasteiger partial charge < -0.3 is 0 Å². The average molecular weight is 255 g/mol. The minimum Gasteiger partial charge on any atom is -0.285 e. The van der Waals surface area contributed by atoms with Crippen molar-refractivity contribution in [2.75, 3.05) is 5.75 Å². The Morgan fingerprint density at radius 2 is 2.00 bits per heavy atom. The van der Waals surface area contributed by atoms with Crippen molar-refractivity contribution < 1.29 is 0 Å². The Kier molecular flexibility index (Phi) is 3.97.